The second-order valence-corrected chi connectivity index (χ2v) is 6.39. The second-order valence-electron chi connectivity index (χ2n) is 6.39. The molecule has 6 heteroatoms. The average molecular weight is 356 g/mol. The molecule has 1 fully saturated rings. The molecule has 1 aliphatic heterocycles. The first kappa shape index (κ1) is 18.3. The Morgan fingerprint density at radius 3 is 2.92 bits per heavy atom. The highest BCUT2D eigenvalue weighted by atomic mass is 16.5. The van der Waals surface area contributed by atoms with E-state index in [0.717, 1.165) is 44.2 Å². The average Bonchev–Trinajstić information content (AvgIpc) is 3.34. The van der Waals surface area contributed by atoms with Crippen molar-refractivity contribution >= 4 is 11.6 Å². The van der Waals surface area contributed by atoms with E-state index in [1.54, 1.807) is 13.4 Å². The third-order valence-corrected chi connectivity index (χ3v) is 4.46. The van der Waals surface area contributed by atoms with E-state index >= 15 is 0 Å². The van der Waals surface area contributed by atoms with Crippen molar-refractivity contribution in [3.05, 3.63) is 54.5 Å². The highest BCUT2D eigenvalue weighted by Crippen LogP contribution is 2.19. The van der Waals surface area contributed by atoms with Gasteiger partial charge in [0.1, 0.15) is 5.76 Å². The van der Waals surface area contributed by atoms with Crippen molar-refractivity contribution in [2.75, 3.05) is 44.8 Å². The summed E-state index contributed by atoms with van der Waals surface area (Å²) in [5, 5.41) is 6.97. The lowest BCUT2D eigenvalue weighted by Gasteiger charge is -2.20. The molecule has 140 valence electrons. The first-order valence-electron chi connectivity index (χ1n) is 9.21. The van der Waals surface area contributed by atoms with Gasteiger partial charge in [0.15, 0.2) is 5.96 Å². The van der Waals surface area contributed by atoms with E-state index in [1.165, 1.54) is 5.69 Å². The number of para-hydroxylation sites is 1. The third kappa shape index (κ3) is 5.52. The predicted octanol–water partition coefficient (Wildman–Crippen LogP) is 2.28. The van der Waals surface area contributed by atoms with Crippen LogP contribution in [0.1, 0.15) is 12.2 Å². The predicted molar refractivity (Wildman–Crippen MR) is 105 cm³/mol. The minimum atomic E-state index is 0.382. The number of hydrogen-bond acceptors (Lipinski definition) is 4. The van der Waals surface area contributed by atoms with E-state index in [2.05, 4.69) is 50.9 Å². The van der Waals surface area contributed by atoms with Gasteiger partial charge in [0.05, 0.1) is 19.4 Å². The van der Waals surface area contributed by atoms with E-state index < -0.39 is 0 Å². The number of nitrogens with zero attached hydrogens (tertiary/aromatic N) is 2. The molecule has 1 aliphatic rings. The normalized spacial score (nSPS) is 17.5. The number of benzene rings is 1. The summed E-state index contributed by atoms with van der Waals surface area (Å²) >= 11 is 0. The topological polar surface area (TPSA) is 62.0 Å². The summed E-state index contributed by atoms with van der Waals surface area (Å²) < 4.78 is 10.5. The fourth-order valence-electron chi connectivity index (χ4n) is 3.11. The van der Waals surface area contributed by atoms with Crippen molar-refractivity contribution in [2.24, 2.45) is 4.99 Å². The molecule has 1 unspecified atom stereocenters. The number of hydrogen-bond donors (Lipinski definition) is 2. The van der Waals surface area contributed by atoms with Crippen molar-refractivity contribution in [1.29, 1.82) is 0 Å². The largest absolute Gasteiger partial charge is 0.469 e. The molecule has 2 N–H and O–H groups in total. The van der Waals surface area contributed by atoms with Crippen LogP contribution in [-0.4, -0.2) is 51.9 Å². The number of rotatable bonds is 8. The Kier molecular flexibility index (Phi) is 6.96. The van der Waals surface area contributed by atoms with Crippen molar-refractivity contribution in [3.63, 3.8) is 0 Å². The lowest BCUT2D eigenvalue weighted by atomic mass is 10.2. The second kappa shape index (κ2) is 9.87. The maximum atomic E-state index is 5.38. The Morgan fingerprint density at radius 1 is 1.27 bits per heavy atom. The smallest absolute Gasteiger partial charge is 0.191 e. The molecule has 2 aromatic rings. The van der Waals surface area contributed by atoms with Crippen LogP contribution in [0.25, 0.3) is 0 Å². The maximum Gasteiger partial charge on any atom is 0.191 e. The maximum absolute atomic E-state index is 5.38. The summed E-state index contributed by atoms with van der Waals surface area (Å²) in [7, 11) is 1.70. The van der Waals surface area contributed by atoms with Crippen LogP contribution in [0.4, 0.5) is 5.69 Å². The molecule has 0 radical (unpaired) electrons. The van der Waals surface area contributed by atoms with Gasteiger partial charge in [-0.05, 0) is 30.7 Å². The number of guanidine groups is 1. The summed E-state index contributed by atoms with van der Waals surface area (Å²) in [6.07, 6.45) is 3.63. The molecule has 0 aliphatic carbocycles. The van der Waals surface area contributed by atoms with Gasteiger partial charge in [-0.15, -0.1) is 0 Å². The van der Waals surface area contributed by atoms with Crippen LogP contribution in [0.2, 0.25) is 0 Å². The highest BCUT2D eigenvalue weighted by Gasteiger charge is 2.23. The van der Waals surface area contributed by atoms with Gasteiger partial charge in [-0.1, -0.05) is 18.2 Å². The quantitative estimate of drug-likeness (QED) is 0.432. The minimum absolute atomic E-state index is 0.382. The van der Waals surface area contributed by atoms with Crippen molar-refractivity contribution in [2.45, 2.75) is 18.9 Å². The molecule has 3 rings (SSSR count). The zero-order valence-electron chi connectivity index (χ0n) is 15.4. The van der Waals surface area contributed by atoms with Crippen molar-refractivity contribution in [3.8, 4) is 0 Å². The van der Waals surface area contributed by atoms with Crippen molar-refractivity contribution < 1.29 is 9.15 Å². The molecule has 6 nitrogen and oxygen atoms in total. The fraction of sp³-hybridized carbons (Fsp3) is 0.450. The lowest BCUT2D eigenvalue weighted by Crippen LogP contribution is -2.45. The van der Waals surface area contributed by atoms with Crippen molar-refractivity contribution in [1.82, 2.24) is 10.6 Å². The molecule has 0 bridgehead atoms. The monoisotopic (exact) mass is 356 g/mol. The van der Waals surface area contributed by atoms with Crippen LogP contribution in [0.5, 0.6) is 0 Å². The molecule has 1 atom stereocenters. The SMILES string of the molecule is COCCN=C(NCCc1ccco1)NC1CCN(c2ccccc2)C1. The number of aliphatic imine (C=N–C) groups is 1. The summed E-state index contributed by atoms with van der Waals surface area (Å²) in [6.45, 7) is 4.07. The zero-order valence-corrected chi connectivity index (χ0v) is 15.4. The first-order valence-corrected chi connectivity index (χ1v) is 9.21. The molecule has 1 aromatic carbocycles. The minimum Gasteiger partial charge on any atom is -0.469 e. The number of nitrogens with one attached hydrogen (secondary N) is 2. The van der Waals surface area contributed by atoms with E-state index in [1.807, 2.05) is 12.1 Å². The van der Waals surface area contributed by atoms with E-state index in [-0.39, 0.29) is 0 Å². The van der Waals surface area contributed by atoms with E-state index in [9.17, 15) is 0 Å². The first-order chi connectivity index (χ1) is 12.8. The Bertz CT molecular complexity index is 658. The van der Waals surface area contributed by atoms with Gasteiger partial charge >= 0.3 is 0 Å². The van der Waals surface area contributed by atoms with Gasteiger partial charge in [-0.3, -0.25) is 4.99 Å². The Balaban J connectivity index is 1.51. The van der Waals surface area contributed by atoms with Gasteiger partial charge in [0.2, 0.25) is 0 Å². The van der Waals surface area contributed by atoms with Gasteiger partial charge in [-0.25, -0.2) is 0 Å². The fourth-order valence-corrected chi connectivity index (χ4v) is 3.11. The lowest BCUT2D eigenvalue weighted by molar-refractivity contribution is 0.208. The van der Waals surface area contributed by atoms with E-state index in [4.69, 9.17) is 9.15 Å². The van der Waals surface area contributed by atoms with Gasteiger partial charge in [0.25, 0.3) is 0 Å². The van der Waals surface area contributed by atoms with Gasteiger partial charge in [-0.2, -0.15) is 0 Å². The summed E-state index contributed by atoms with van der Waals surface area (Å²) in [6, 6.07) is 14.8. The standard InChI is InChI=1S/C20H28N4O2/c1-25-15-12-22-20(21-11-9-19-8-5-14-26-19)23-17-10-13-24(16-17)18-6-3-2-4-7-18/h2-8,14,17H,9-13,15-16H2,1H3,(H2,21,22,23). The summed E-state index contributed by atoms with van der Waals surface area (Å²) in [4.78, 5) is 7.02. The summed E-state index contributed by atoms with van der Waals surface area (Å²) in [5.74, 6) is 1.82. The molecule has 0 amide bonds. The van der Waals surface area contributed by atoms with Crippen LogP contribution in [0, 0.1) is 0 Å². The molecule has 0 spiro atoms. The zero-order chi connectivity index (χ0) is 18.0. The highest BCUT2D eigenvalue weighted by molar-refractivity contribution is 5.80. The molecule has 0 saturated carbocycles. The molecular weight excluding hydrogens is 328 g/mol. The molecule has 2 heterocycles. The van der Waals surface area contributed by atoms with Crippen LogP contribution < -0.4 is 15.5 Å². The molecule has 26 heavy (non-hydrogen) atoms. The Hall–Kier alpha value is -2.47. The van der Waals surface area contributed by atoms with Gasteiger partial charge < -0.3 is 24.7 Å². The van der Waals surface area contributed by atoms with Gasteiger partial charge in [0, 0.05) is 44.9 Å². The Labute approximate surface area is 155 Å². The van der Waals surface area contributed by atoms with Crippen LogP contribution in [-0.2, 0) is 11.2 Å². The number of anilines is 1. The molecule has 1 saturated heterocycles. The molecule has 1 aromatic heterocycles. The van der Waals surface area contributed by atoms with Crippen LogP contribution >= 0.6 is 0 Å². The number of ether oxygens (including phenoxy) is 1. The third-order valence-electron chi connectivity index (χ3n) is 4.46. The Morgan fingerprint density at radius 2 is 2.15 bits per heavy atom. The molecular formula is C20H28N4O2. The number of furan rings is 1. The van der Waals surface area contributed by atoms with Crippen LogP contribution in [0.3, 0.4) is 0 Å². The summed E-state index contributed by atoms with van der Waals surface area (Å²) in [5.41, 5.74) is 1.28. The number of methoxy groups -OCH3 is 1. The van der Waals surface area contributed by atoms with E-state index in [0.29, 0.717) is 19.2 Å². The van der Waals surface area contributed by atoms with Crippen LogP contribution in [0.15, 0.2) is 58.1 Å².